The highest BCUT2D eigenvalue weighted by molar-refractivity contribution is 5.77. The fourth-order valence-electron chi connectivity index (χ4n) is 7.15. The fourth-order valence-corrected chi connectivity index (χ4v) is 7.15. The largest absolute Gasteiger partial charge is 0.462 e. The normalized spacial score (nSPS) is 13.6. The van der Waals surface area contributed by atoms with Gasteiger partial charge in [-0.05, 0) is 57.8 Å². The number of esters is 1. The van der Waals surface area contributed by atoms with Crippen molar-refractivity contribution in [1.82, 2.24) is 5.32 Å². The van der Waals surface area contributed by atoms with E-state index in [1.54, 1.807) is 0 Å². The standard InChI is InChI=1S/C49H91NO5/c1-4-7-10-13-16-19-22-24-25-27-30-33-36-39-42-49(54)55-45(40-37-34-31-28-26-23-20-17-14-11-8-5-2)43-48(53)50-46(44-51)47(52)41-38-35-32-29-21-18-15-12-9-6-3/h8,11,17,20,26,28,45-47,51-52H,4-7,9-10,12-16,18-19,21-25,27,29-44H2,1-3H3,(H,50,53)/b11-8+,20-17+,28-26+. The van der Waals surface area contributed by atoms with E-state index in [0.717, 1.165) is 77.0 Å². The highest BCUT2D eigenvalue weighted by Gasteiger charge is 2.24. The van der Waals surface area contributed by atoms with E-state index < -0.39 is 18.2 Å². The molecular formula is C49H91NO5. The number of unbranched alkanes of at least 4 members (excludes halogenated alkanes) is 24. The van der Waals surface area contributed by atoms with Crippen LogP contribution < -0.4 is 5.32 Å². The number of carbonyl (C=O) groups is 2. The van der Waals surface area contributed by atoms with Crippen LogP contribution in [0.15, 0.2) is 36.5 Å². The lowest BCUT2D eigenvalue weighted by molar-refractivity contribution is -0.151. The van der Waals surface area contributed by atoms with Gasteiger partial charge in [-0.2, -0.15) is 0 Å². The summed E-state index contributed by atoms with van der Waals surface area (Å²) in [5.74, 6) is -0.507. The molecule has 0 heterocycles. The van der Waals surface area contributed by atoms with E-state index in [1.807, 2.05) is 0 Å². The Balaban J connectivity index is 4.61. The first-order chi connectivity index (χ1) is 27.0. The third-order valence-electron chi connectivity index (χ3n) is 10.7. The average molecular weight is 774 g/mol. The fraction of sp³-hybridized carbons (Fsp3) is 0.837. The van der Waals surface area contributed by atoms with Gasteiger partial charge in [0, 0.05) is 6.42 Å². The van der Waals surface area contributed by atoms with Gasteiger partial charge in [-0.25, -0.2) is 0 Å². The number of ether oxygens (including phenoxy) is 1. The molecule has 3 atom stereocenters. The molecule has 0 radical (unpaired) electrons. The zero-order chi connectivity index (χ0) is 40.3. The summed E-state index contributed by atoms with van der Waals surface area (Å²) in [6.45, 7) is 6.34. The van der Waals surface area contributed by atoms with Crippen LogP contribution in [0, 0.1) is 0 Å². The zero-order valence-corrected chi connectivity index (χ0v) is 36.6. The summed E-state index contributed by atoms with van der Waals surface area (Å²) in [5, 5.41) is 23.6. The van der Waals surface area contributed by atoms with Crippen molar-refractivity contribution in [1.29, 1.82) is 0 Å². The lowest BCUT2D eigenvalue weighted by atomic mass is 10.0. The number of rotatable bonds is 42. The molecule has 3 unspecified atom stereocenters. The summed E-state index contributed by atoms with van der Waals surface area (Å²) in [7, 11) is 0. The quantitative estimate of drug-likeness (QED) is 0.0326. The van der Waals surface area contributed by atoms with Crippen molar-refractivity contribution >= 4 is 11.9 Å². The summed E-state index contributed by atoms with van der Waals surface area (Å²) in [6.07, 6.45) is 49.2. The van der Waals surface area contributed by atoms with Crippen molar-refractivity contribution in [2.45, 2.75) is 257 Å². The van der Waals surface area contributed by atoms with Gasteiger partial charge in [-0.3, -0.25) is 9.59 Å². The summed E-state index contributed by atoms with van der Waals surface area (Å²) >= 11 is 0. The van der Waals surface area contributed by atoms with Crippen LogP contribution in [0.1, 0.15) is 239 Å². The second kappa shape index (κ2) is 43.2. The Hall–Kier alpha value is -1.92. The third-order valence-corrected chi connectivity index (χ3v) is 10.7. The Bertz CT molecular complexity index is 915. The Morgan fingerprint density at radius 3 is 1.47 bits per heavy atom. The predicted octanol–water partition coefficient (Wildman–Crippen LogP) is 13.7. The molecule has 6 heteroatoms. The Morgan fingerprint density at radius 2 is 0.982 bits per heavy atom. The zero-order valence-electron chi connectivity index (χ0n) is 36.6. The second-order valence-corrected chi connectivity index (χ2v) is 16.1. The van der Waals surface area contributed by atoms with Gasteiger partial charge in [0.1, 0.15) is 6.10 Å². The minimum Gasteiger partial charge on any atom is -0.462 e. The number of aliphatic hydroxyl groups excluding tert-OH is 2. The minimum absolute atomic E-state index is 0.0546. The van der Waals surface area contributed by atoms with Gasteiger partial charge < -0.3 is 20.3 Å². The Morgan fingerprint density at radius 1 is 0.545 bits per heavy atom. The van der Waals surface area contributed by atoms with Crippen molar-refractivity contribution in [3.63, 3.8) is 0 Å². The number of allylic oxidation sites excluding steroid dienone is 6. The number of amides is 1. The van der Waals surface area contributed by atoms with Gasteiger partial charge in [0.05, 0.1) is 25.2 Å². The van der Waals surface area contributed by atoms with Crippen LogP contribution in [-0.4, -0.2) is 46.9 Å². The van der Waals surface area contributed by atoms with Gasteiger partial charge in [-0.1, -0.05) is 205 Å². The maximum Gasteiger partial charge on any atom is 0.306 e. The van der Waals surface area contributed by atoms with E-state index in [-0.39, 0.29) is 24.9 Å². The molecule has 322 valence electrons. The number of aliphatic hydroxyl groups is 2. The average Bonchev–Trinajstić information content (AvgIpc) is 3.18. The molecule has 0 rings (SSSR count). The molecule has 0 saturated heterocycles. The molecule has 0 aliphatic carbocycles. The lowest BCUT2D eigenvalue weighted by Crippen LogP contribution is -2.46. The van der Waals surface area contributed by atoms with E-state index in [9.17, 15) is 19.8 Å². The molecular weight excluding hydrogens is 683 g/mol. The van der Waals surface area contributed by atoms with Crippen LogP contribution >= 0.6 is 0 Å². The molecule has 1 amide bonds. The highest BCUT2D eigenvalue weighted by atomic mass is 16.5. The Kier molecular flexibility index (Phi) is 41.7. The van der Waals surface area contributed by atoms with Gasteiger partial charge in [0.15, 0.2) is 0 Å². The second-order valence-electron chi connectivity index (χ2n) is 16.1. The van der Waals surface area contributed by atoms with Crippen LogP contribution in [0.5, 0.6) is 0 Å². The molecule has 0 spiro atoms. The van der Waals surface area contributed by atoms with E-state index in [2.05, 4.69) is 62.5 Å². The predicted molar refractivity (Wildman–Crippen MR) is 236 cm³/mol. The van der Waals surface area contributed by atoms with Gasteiger partial charge >= 0.3 is 5.97 Å². The summed E-state index contributed by atoms with van der Waals surface area (Å²) in [4.78, 5) is 26.0. The lowest BCUT2D eigenvalue weighted by Gasteiger charge is -2.24. The van der Waals surface area contributed by atoms with Gasteiger partial charge in [0.2, 0.25) is 5.91 Å². The first-order valence-electron chi connectivity index (χ1n) is 23.7. The summed E-state index contributed by atoms with van der Waals surface area (Å²) in [5.41, 5.74) is 0. The van der Waals surface area contributed by atoms with Crippen molar-refractivity contribution in [3.05, 3.63) is 36.5 Å². The maximum absolute atomic E-state index is 13.1. The van der Waals surface area contributed by atoms with Gasteiger partial charge in [0.25, 0.3) is 0 Å². The first kappa shape index (κ1) is 53.1. The molecule has 0 aromatic rings. The van der Waals surface area contributed by atoms with Crippen molar-refractivity contribution < 1.29 is 24.5 Å². The molecule has 0 aliphatic heterocycles. The first-order valence-corrected chi connectivity index (χ1v) is 23.7. The molecule has 0 aromatic carbocycles. The van der Waals surface area contributed by atoms with Crippen LogP contribution in [-0.2, 0) is 14.3 Å². The smallest absolute Gasteiger partial charge is 0.306 e. The molecule has 6 nitrogen and oxygen atoms in total. The number of carbonyl (C=O) groups excluding carboxylic acids is 2. The van der Waals surface area contributed by atoms with Crippen molar-refractivity contribution in [3.8, 4) is 0 Å². The highest BCUT2D eigenvalue weighted by Crippen LogP contribution is 2.17. The van der Waals surface area contributed by atoms with Crippen molar-refractivity contribution in [2.24, 2.45) is 0 Å². The number of hydrogen-bond donors (Lipinski definition) is 3. The third kappa shape index (κ3) is 38.7. The molecule has 3 N–H and O–H groups in total. The van der Waals surface area contributed by atoms with E-state index in [4.69, 9.17) is 4.74 Å². The molecule has 0 bridgehead atoms. The molecule has 0 fully saturated rings. The van der Waals surface area contributed by atoms with Crippen LogP contribution in [0.2, 0.25) is 0 Å². The summed E-state index contributed by atoms with van der Waals surface area (Å²) in [6, 6.07) is -0.708. The SMILES string of the molecule is CC/C=C/C/C=C/C/C=C/CCCCC(CC(=O)NC(CO)C(O)CCCCCCCCCCCC)OC(=O)CCCCCCCCCCCCCCCC. The van der Waals surface area contributed by atoms with Crippen LogP contribution in [0.25, 0.3) is 0 Å². The topological polar surface area (TPSA) is 95.9 Å². The van der Waals surface area contributed by atoms with Gasteiger partial charge in [-0.15, -0.1) is 0 Å². The summed E-state index contributed by atoms with van der Waals surface area (Å²) < 4.78 is 5.89. The molecule has 0 aromatic heterocycles. The number of nitrogens with one attached hydrogen (secondary N) is 1. The maximum atomic E-state index is 13.1. The number of hydrogen-bond acceptors (Lipinski definition) is 5. The van der Waals surface area contributed by atoms with Crippen LogP contribution in [0.3, 0.4) is 0 Å². The molecule has 55 heavy (non-hydrogen) atoms. The van der Waals surface area contributed by atoms with E-state index >= 15 is 0 Å². The van der Waals surface area contributed by atoms with Crippen molar-refractivity contribution in [2.75, 3.05) is 6.61 Å². The Labute approximate surface area is 341 Å². The molecule has 0 aliphatic rings. The van der Waals surface area contributed by atoms with E-state index in [0.29, 0.717) is 19.3 Å². The minimum atomic E-state index is -0.793. The van der Waals surface area contributed by atoms with Crippen LogP contribution in [0.4, 0.5) is 0 Å². The monoisotopic (exact) mass is 774 g/mol. The van der Waals surface area contributed by atoms with E-state index in [1.165, 1.54) is 116 Å². The molecule has 0 saturated carbocycles.